The van der Waals surface area contributed by atoms with Gasteiger partial charge in [0.2, 0.25) is 11.8 Å². The summed E-state index contributed by atoms with van der Waals surface area (Å²) in [7, 11) is 1.31. The van der Waals surface area contributed by atoms with Gasteiger partial charge in [0, 0.05) is 37.5 Å². The second-order valence-corrected chi connectivity index (χ2v) is 7.37. The van der Waals surface area contributed by atoms with E-state index in [-0.39, 0.29) is 30.6 Å². The second kappa shape index (κ2) is 9.03. The van der Waals surface area contributed by atoms with Crippen molar-refractivity contribution in [3.63, 3.8) is 0 Å². The maximum Gasteiger partial charge on any atom is 0.306 e. The van der Waals surface area contributed by atoms with Gasteiger partial charge in [0.1, 0.15) is 0 Å². The van der Waals surface area contributed by atoms with Crippen molar-refractivity contribution in [1.29, 1.82) is 0 Å². The molecule has 8 heteroatoms. The molecule has 0 bridgehead atoms. The van der Waals surface area contributed by atoms with Gasteiger partial charge in [-0.15, -0.1) is 11.3 Å². The number of carbonyl (C=O) groups excluding carboxylic acids is 3. The zero-order valence-electron chi connectivity index (χ0n) is 13.6. The summed E-state index contributed by atoms with van der Waals surface area (Å²) < 4.78 is 5.23. The summed E-state index contributed by atoms with van der Waals surface area (Å²) in [6, 6.07) is 3.66. The Hall–Kier alpha value is -1.60. The maximum absolute atomic E-state index is 12.4. The lowest BCUT2D eigenvalue weighted by Crippen LogP contribution is -2.38. The van der Waals surface area contributed by atoms with Crippen molar-refractivity contribution in [2.75, 3.05) is 33.3 Å². The molecule has 0 N–H and O–H groups in total. The molecular weight excluding hydrogens is 352 g/mol. The van der Waals surface area contributed by atoms with Gasteiger partial charge in [-0.3, -0.25) is 14.4 Å². The van der Waals surface area contributed by atoms with Crippen molar-refractivity contribution in [3.05, 3.63) is 21.3 Å². The standard InChI is InChI=1S/C16H21ClN2O4S/c1-23-16(22)6-5-14(20)18-7-2-8-19(10-9-18)15(21)11-12-3-4-13(17)24-12/h3-4H,2,5-11H2,1H3. The topological polar surface area (TPSA) is 66.9 Å². The molecule has 2 heterocycles. The highest BCUT2D eigenvalue weighted by Gasteiger charge is 2.22. The highest BCUT2D eigenvalue weighted by molar-refractivity contribution is 7.16. The van der Waals surface area contributed by atoms with Crippen LogP contribution in [0.3, 0.4) is 0 Å². The van der Waals surface area contributed by atoms with E-state index >= 15 is 0 Å². The predicted octanol–water partition coefficient (Wildman–Crippen LogP) is 1.96. The van der Waals surface area contributed by atoms with E-state index in [4.69, 9.17) is 11.6 Å². The van der Waals surface area contributed by atoms with Gasteiger partial charge in [0.15, 0.2) is 0 Å². The number of halogens is 1. The first-order valence-corrected chi connectivity index (χ1v) is 9.05. The summed E-state index contributed by atoms with van der Waals surface area (Å²) in [6.45, 7) is 2.26. The third kappa shape index (κ3) is 5.49. The van der Waals surface area contributed by atoms with Crippen molar-refractivity contribution in [2.45, 2.75) is 25.7 Å². The molecule has 0 saturated carbocycles. The van der Waals surface area contributed by atoms with E-state index in [9.17, 15) is 14.4 Å². The van der Waals surface area contributed by atoms with Gasteiger partial charge < -0.3 is 14.5 Å². The zero-order chi connectivity index (χ0) is 17.5. The fourth-order valence-corrected chi connectivity index (χ4v) is 3.67. The van der Waals surface area contributed by atoms with Crippen LogP contribution >= 0.6 is 22.9 Å². The number of carbonyl (C=O) groups is 3. The van der Waals surface area contributed by atoms with E-state index in [1.54, 1.807) is 15.9 Å². The number of thiophene rings is 1. The Labute approximate surface area is 150 Å². The number of esters is 1. The molecule has 6 nitrogen and oxygen atoms in total. The average Bonchev–Trinajstić information content (AvgIpc) is 2.83. The molecule has 24 heavy (non-hydrogen) atoms. The van der Waals surface area contributed by atoms with E-state index in [1.807, 2.05) is 6.07 Å². The Balaban J connectivity index is 1.82. The lowest BCUT2D eigenvalue weighted by molar-refractivity contribution is -0.143. The lowest BCUT2D eigenvalue weighted by atomic mass is 10.2. The Morgan fingerprint density at radius 3 is 2.33 bits per heavy atom. The van der Waals surface area contributed by atoms with Gasteiger partial charge in [-0.25, -0.2) is 0 Å². The number of amides is 2. The Bertz CT molecular complexity index is 605. The molecule has 1 aromatic heterocycles. The normalized spacial score (nSPS) is 15.1. The molecule has 0 radical (unpaired) electrons. The van der Waals surface area contributed by atoms with Gasteiger partial charge >= 0.3 is 5.97 Å². The number of hydrogen-bond acceptors (Lipinski definition) is 5. The van der Waals surface area contributed by atoms with Gasteiger partial charge in [-0.05, 0) is 18.6 Å². The van der Waals surface area contributed by atoms with Crippen LogP contribution in [0, 0.1) is 0 Å². The van der Waals surface area contributed by atoms with Crippen LogP contribution in [0.5, 0.6) is 0 Å². The molecule has 0 unspecified atom stereocenters. The minimum Gasteiger partial charge on any atom is -0.469 e. The van der Waals surface area contributed by atoms with Gasteiger partial charge in [-0.1, -0.05) is 11.6 Å². The van der Waals surface area contributed by atoms with Crippen LogP contribution in [0.1, 0.15) is 24.1 Å². The quantitative estimate of drug-likeness (QED) is 0.741. The fraction of sp³-hybridized carbons (Fsp3) is 0.562. The van der Waals surface area contributed by atoms with Crippen molar-refractivity contribution in [1.82, 2.24) is 9.80 Å². The van der Waals surface area contributed by atoms with Gasteiger partial charge in [0.25, 0.3) is 0 Å². The molecule has 2 amide bonds. The van der Waals surface area contributed by atoms with E-state index in [0.29, 0.717) is 36.9 Å². The van der Waals surface area contributed by atoms with Gasteiger partial charge in [0.05, 0.1) is 24.3 Å². The molecule has 0 aromatic carbocycles. The third-order valence-corrected chi connectivity index (χ3v) is 5.16. The molecule has 0 atom stereocenters. The van der Waals surface area contributed by atoms with Crippen molar-refractivity contribution >= 4 is 40.7 Å². The average molecular weight is 373 g/mol. The molecule has 132 valence electrons. The molecular formula is C16H21ClN2O4S. The minimum atomic E-state index is -0.385. The van der Waals surface area contributed by atoms with Crippen molar-refractivity contribution < 1.29 is 19.1 Å². The van der Waals surface area contributed by atoms with Crippen molar-refractivity contribution in [3.8, 4) is 0 Å². The van der Waals surface area contributed by atoms with Crippen LogP contribution in [-0.2, 0) is 25.5 Å². The zero-order valence-corrected chi connectivity index (χ0v) is 15.2. The predicted molar refractivity (Wildman–Crippen MR) is 92.1 cm³/mol. The minimum absolute atomic E-state index is 0.0531. The first-order chi connectivity index (χ1) is 11.5. The Morgan fingerprint density at radius 2 is 1.75 bits per heavy atom. The summed E-state index contributed by atoms with van der Waals surface area (Å²) in [5.74, 6) is -0.401. The number of rotatable bonds is 5. The van der Waals surface area contributed by atoms with Crippen LogP contribution in [0.4, 0.5) is 0 Å². The fourth-order valence-electron chi connectivity index (χ4n) is 2.59. The monoisotopic (exact) mass is 372 g/mol. The van der Waals surface area contributed by atoms with E-state index in [1.165, 1.54) is 18.4 Å². The third-order valence-electron chi connectivity index (χ3n) is 3.93. The van der Waals surface area contributed by atoms with E-state index < -0.39 is 0 Å². The number of methoxy groups -OCH3 is 1. The molecule has 1 aliphatic rings. The van der Waals surface area contributed by atoms with Crippen LogP contribution in [-0.4, -0.2) is 60.9 Å². The molecule has 0 spiro atoms. The SMILES string of the molecule is COC(=O)CCC(=O)N1CCCN(C(=O)Cc2ccc(Cl)s2)CC1. The Kier molecular flexibility index (Phi) is 7.05. The number of nitrogens with zero attached hydrogens (tertiary/aromatic N) is 2. The van der Waals surface area contributed by atoms with Crippen molar-refractivity contribution in [2.24, 2.45) is 0 Å². The molecule has 1 aliphatic heterocycles. The van der Waals surface area contributed by atoms with Crippen LogP contribution < -0.4 is 0 Å². The first-order valence-electron chi connectivity index (χ1n) is 7.86. The molecule has 1 fully saturated rings. The smallest absolute Gasteiger partial charge is 0.306 e. The summed E-state index contributed by atoms with van der Waals surface area (Å²) >= 11 is 7.30. The molecule has 2 rings (SSSR count). The highest BCUT2D eigenvalue weighted by Crippen LogP contribution is 2.22. The van der Waals surface area contributed by atoms with Crippen LogP contribution in [0.15, 0.2) is 12.1 Å². The molecule has 1 aromatic rings. The molecule has 1 saturated heterocycles. The first kappa shape index (κ1) is 18.7. The summed E-state index contributed by atoms with van der Waals surface area (Å²) in [5.41, 5.74) is 0. The largest absolute Gasteiger partial charge is 0.469 e. The highest BCUT2D eigenvalue weighted by atomic mass is 35.5. The summed E-state index contributed by atoms with van der Waals surface area (Å²) in [5, 5.41) is 0. The maximum atomic E-state index is 12.4. The summed E-state index contributed by atoms with van der Waals surface area (Å²) in [4.78, 5) is 40.1. The van der Waals surface area contributed by atoms with Crippen LogP contribution in [0.25, 0.3) is 0 Å². The molecule has 0 aliphatic carbocycles. The number of ether oxygens (including phenoxy) is 1. The lowest BCUT2D eigenvalue weighted by Gasteiger charge is -2.22. The second-order valence-electron chi connectivity index (χ2n) is 5.57. The Morgan fingerprint density at radius 1 is 1.08 bits per heavy atom. The van der Waals surface area contributed by atoms with Gasteiger partial charge in [-0.2, -0.15) is 0 Å². The van der Waals surface area contributed by atoms with E-state index in [2.05, 4.69) is 4.74 Å². The summed E-state index contributed by atoms with van der Waals surface area (Å²) in [6.07, 6.45) is 1.32. The van der Waals surface area contributed by atoms with Crippen LogP contribution in [0.2, 0.25) is 4.34 Å². The van der Waals surface area contributed by atoms with E-state index in [0.717, 1.165) is 11.3 Å². The number of hydrogen-bond donors (Lipinski definition) is 0.